The molecule has 0 spiro atoms. The molecular weight excluding hydrogens is 319 g/mol. The van der Waals surface area contributed by atoms with Crippen LogP contribution in [0.25, 0.3) is 0 Å². The number of carbonyl (C=O) groups excluding carboxylic acids is 1. The molecule has 1 aromatic carbocycles. The van der Waals surface area contributed by atoms with E-state index in [0.717, 1.165) is 5.56 Å². The van der Waals surface area contributed by atoms with Crippen LogP contribution in [0.15, 0.2) is 30.0 Å². The fourth-order valence-corrected chi connectivity index (χ4v) is 3.82. The number of carbonyl (C=O) groups is 1. The first kappa shape index (κ1) is 17.7. The van der Waals surface area contributed by atoms with E-state index in [1.165, 1.54) is 12.1 Å². The number of benzene rings is 1. The van der Waals surface area contributed by atoms with Crippen molar-refractivity contribution in [1.29, 1.82) is 0 Å². The smallest absolute Gasteiger partial charge is 0.189 e. The molecule has 0 N–H and O–H groups in total. The molecule has 3 nitrogen and oxygen atoms in total. The number of rotatable bonds is 4. The summed E-state index contributed by atoms with van der Waals surface area (Å²) in [5.74, 6) is 2.43. The first-order valence-electron chi connectivity index (χ1n) is 8.61. The van der Waals surface area contributed by atoms with Crippen LogP contribution in [0.5, 0.6) is 0 Å². The Balaban J connectivity index is 1.91. The number of terminal acetylenes is 1. The third-order valence-electron chi connectivity index (χ3n) is 5.51. The van der Waals surface area contributed by atoms with Gasteiger partial charge in [-0.25, -0.2) is 4.39 Å². The number of fused-ring (bicyclic) bond motifs is 1. The molecule has 1 fully saturated rings. The molecule has 0 radical (unpaired) electrons. The van der Waals surface area contributed by atoms with E-state index in [2.05, 4.69) is 5.92 Å². The highest BCUT2D eigenvalue weighted by molar-refractivity contribution is 5.94. The lowest BCUT2D eigenvalue weighted by Gasteiger charge is -2.39. The fraction of sp³-hybridized carbons (Fsp3) is 0.476. The lowest BCUT2D eigenvalue weighted by Crippen LogP contribution is -2.46. The second kappa shape index (κ2) is 6.65. The maximum atomic E-state index is 14.3. The molecule has 2 aliphatic rings. The van der Waals surface area contributed by atoms with Crippen LogP contribution in [0.1, 0.15) is 31.4 Å². The topological polar surface area (TPSA) is 35.5 Å². The number of hydrogen-bond donors (Lipinski definition) is 0. The van der Waals surface area contributed by atoms with E-state index in [-0.39, 0.29) is 36.1 Å². The van der Waals surface area contributed by atoms with E-state index in [9.17, 15) is 9.18 Å². The van der Waals surface area contributed by atoms with Gasteiger partial charge in [-0.15, -0.1) is 12.3 Å². The molecule has 3 rings (SSSR count). The Morgan fingerprint density at radius 1 is 1.44 bits per heavy atom. The Morgan fingerprint density at radius 2 is 2.20 bits per heavy atom. The second-order valence-electron chi connectivity index (χ2n) is 7.17. The molecule has 0 amide bonds. The van der Waals surface area contributed by atoms with Crippen molar-refractivity contribution in [2.75, 3.05) is 6.79 Å². The van der Waals surface area contributed by atoms with Crippen molar-refractivity contribution < 1.29 is 18.7 Å². The van der Waals surface area contributed by atoms with Gasteiger partial charge in [0.25, 0.3) is 0 Å². The van der Waals surface area contributed by atoms with Gasteiger partial charge >= 0.3 is 0 Å². The SMILES string of the molecule is C#CC(C)[C@@H]1C[C@]2([C@@H](C)Cc3ccc(C)cc3F)OCOC2=CC1=O. The molecule has 4 atom stereocenters. The van der Waals surface area contributed by atoms with Crippen molar-refractivity contribution in [3.05, 3.63) is 47.0 Å². The largest absolute Gasteiger partial charge is 0.469 e. The predicted molar refractivity (Wildman–Crippen MR) is 93.0 cm³/mol. The normalized spacial score (nSPS) is 27.7. The summed E-state index contributed by atoms with van der Waals surface area (Å²) in [6, 6.07) is 5.25. The number of allylic oxidation sites excluding steroid dienone is 1. The molecule has 1 unspecified atom stereocenters. The van der Waals surface area contributed by atoms with Crippen LogP contribution in [0, 0.1) is 42.8 Å². The molecule has 132 valence electrons. The number of aryl methyl sites for hydroxylation is 1. The summed E-state index contributed by atoms with van der Waals surface area (Å²) in [7, 11) is 0. The lowest BCUT2D eigenvalue weighted by molar-refractivity contribution is -0.124. The maximum Gasteiger partial charge on any atom is 0.189 e. The van der Waals surface area contributed by atoms with E-state index < -0.39 is 5.60 Å². The minimum Gasteiger partial charge on any atom is -0.469 e. The first-order valence-corrected chi connectivity index (χ1v) is 8.61. The molecule has 0 aromatic heterocycles. The zero-order valence-corrected chi connectivity index (χ0v) is 14.8. The molecule has 0 bridgehead atoms. The standard InChI is InChI=1S/C21H23FO3/c1-5-14(3)17-11-21(20(10-19(17)23)24-12-25-21)15(4)9-16-7-6-13(2)8-18(16)22/h1,6-8,10,14-15,17H,9,11-12H2,2-4H3/t14?,15-,17-,21+/m0/s1. The third kappa shape index (κ3) is 3.09. The third-order valence-corrected chi connectivity index (χ3v) is 5.51. The van der Waals surface area contributed by atoms with E-state index in [1.54, 1.807) is 0 Å². The highest BCUT2D eigenvalue weighted by Crippen LogP contribution is 2.47. The summed E-state index contributed by atoms with van der Waals surface area (Å²) in [4.78, 5) is 12.4. The fourth-order valence-electron chi connectivity index (χ4n) is 3.82. The molecule has 0 saturated carbocycles. The Labute approximate surface area is 148 Å². The first-order chi connectivity index (χ1) is 11.9. The minimum atomic E-state index is -0.721. The van der Waals surface area contributed by atoms with Crippen LogP contribution in [-0.4, -0.2) is 18.2 Å². The average Bonchev–Trinajstić information content (AvgIpc) is 2.99. The van der Waals surface area contributed by atoms with Gasteiger partial charge in [-0.1, -0.05) is 26.0 Å². The van der Waals surface area contributed by atoms with Gasteiger partial charge in [0, 0.05) is 17.9 Å². The summed E-state index contributed by atoms with van der Waals surface area (Å²) in [6.45, 7) is 5.85. The van der Waals surface area contributed by atoms with Gasteiger partial charge in [0.05, 0.1) is 0 Å². The van der Waals surface area contributed by atoms with Crippen LogP contribution in [0.2, 0.25) is 0 Å². The Hall–Kier alpha value is -2.12. The van der Waals surface area contributed by atoms with Crippen LogP contribution in [0.3, 0.4) is 0 Å². The average molecular weight is 342 g/mol. The molecular formula is C21H23FO3. The van der Waals surface area contributed by atoms with Crippen molar-refractivity contribution in [1.82, 2.24) is 0 Å². The highest BCUT2D eigenvalue weighted by atomic mass is 19.1. The van der Waals surface area contributed by atoms with Gasteiger partial charge in [0.2, 0.25) is 0 Å². The molecule has 1 aromatic rings. The second-order valence-corrected chi connectivity index (χ2v) is 7.17. The number of halogens is 1. The Kier molecular flexibility index (Phi) is 4.71. The summed E-state index contributed by atoms with van der Waals surface area (Å²) in [6.07, 6.45) is 8.03. The maximum absolute atomic E-state index is 14.3. The minimum absolute atomic E-state index is 0.0182. The van der Waals surface area contributed by atoms with Crippen LogP contribution >= 0.6 is 0 Å². The Bertz CT molecular complexity index is 761. The number of ether oxygens (including phenoxy) is 2. The van der Waals surface area contributed by atoms with E-state index in [4.69, 9.17) is 15.9 Å². The van der Waals surface area contributed by atoms with Gasteiger partial charge in [0.15, 0.2) is 12.6 Å². The Morgan fingerprint density at radius 3 is 2.88 bits per heavy atom. The van der Waals surface area contributed by atoms with Gasteiger partial charge in [0.1, 0.15) is 17.2 Å². The lowest BCUT2D eigenvalue weighted by atomic mass is 9.69. The van der Waals surface area contributed by atoms with E-state index in [1.807, 2.05) is 32.9 Å². The van der Waals surface area contributed by atoms with Crippen molar-refractivity contribution in [2.45, 2.75) is 39.2 Å². The van der Waals surface area contributed by atoms with Crippen molar-refractivity contribution >= 4 is 5.78 Å². The van der Waals surface area contributed by atoms with Crippen LogP contribution in [0.4, 0.5) is 4.39 Å². The summed E-state index contributed by atoms with van der Waals surface area (Å²) in [5.41, 5.74) is 0.807. The zero-order chi connectivity index (χ0) is 18.2. The monoisotopic (exact) mass is 342 g/mol. The highest BCUT2D eigenvalue weighted by Gasteiger charge is 2.52. The molecule has 1 saturated heterocycles. The van der Waals surface area contributed by atoms with Gasteiger partial charge in [-0.3, -0.25) is 4.79 Å². The number of ketones is 1. The molecule has 1 heterocycles. The van der Waals surface area contributed by atoms with Crippen LogP contribution < -0.4 is 0 Å². The van der Waals surface area contributed by atoms with Crippen LogP contribution in [-0.2, 0) is 20.7 Å². The van der Waals surface area contributed by atoms with Gasteiger partial charge in [-0.05, 0) is 42.9 Å². The van der Waals surface area contributed by atoms with Crippen molar-refractivity contribution in [2.24, 2.45) is 17.8 Å². The predicted octanol–water partition coefficient (Wildman–Crippen LogP) is 3.80. The summed E-state index contributed by atoms with van der Waals surface area (Å²) in [5, 5.41) is 0. The summed E-state index contributed by atoms with van der Waals surface area (Å²) < 4.78 is 25.8. The van der Waals surface area contributed by atoms with Gasteiger partial charge < -0.3 is 9.47 Å². The molecule has 1 aliphatic carbocycles. The quantitative estimate of drug-likeness (QED) is 0.781. The molecule has 25 heavy (non-hydrogen) atoms. The zero-order valence-electron chi connectivity index (χ0n) is 14.8. The number of hydrogen-bond acceptors (Lipinski definition) is 3. The molecule has 4 heteroatoms. The molecule has 1 aliphatic heterocycles. The van der Waals surface area contributed by atoms with E-state index in [0.29, 0.717) is 24.2 Å². The van der Waals surface area contributed by atoms with E-state index >= 15 is 0 Å². The van der Waals surface area contributed by atoms with Crippen molar-refractivity contribution in [3.63, 3.8) is 0 Å². The van der Waals surface area contributed by atoms with Gasteiger partial charge in [-0.2, -0.15) is 0 Å². The summed E-state index contributed by atoms with van der Waals surface area (Å²) >= 11 is 0. The van der Waals surface area contributed by atoms with Crippen molar-refractivity contribution in [3.8, 4) is 12.3 Å².